The molecule has 6 nitrogen and oxygen atoms in total. The number of rotatable bonds is 28. The molecule has 0 bridgehead atoms. The molecule has 0 spiro atoms. The van der Waals surface area contributed by atoms with Gasteiger partial charge in [0.15, 0.2) is 16.6 Å². The number of carbonyl (C=O) groups is 2. The van der Waals surface area contributed by atoms with Crippen LogP contribution in [0.1, 0.15) is 136 Å². The van der Waals surface area contributed by atoms with Gasteiger partial charge in [0.1, 0.15) is 0 Å². The van der Waals surface area contributed by atoms with Gasteiger partial charge in [-0.1, -0.05) is 139 Å². The van der Waals surface area contributed by atoms with Gasteiger partial charge in [-0.15, -0.1) is 0 Å². The zero-order valence-corrected chi connectivity index (χ0v) is 41.1. The van der Waals surface area contributed by atoms with E-state index in [9.17, 15) is 9.59 Å². The number of carbonyl (C=O) groups excluding carboxylic acids is 2. The Labute approximate surface area is 347 Å². The Morgan fingerprint density at radius 1 is 0.643 bits per heavy atom. The fraction of sp³-hybridized carbons (Fsp3) is 0.702. The van der Waals surface area contributed by atoms with E-state index in [1.54, 1.807) is 0 Å². The molecule has 0 aliphatic rings. The minimum absolute atomic E-state index is 0.219. The molecule has 0 heterocycles. The van der Waals surface area contributed by atoms with Crippen molar-refractivity contribution >= 4 is 37.1 Å². The standard InChI is InChI=1S/C47H82O6Si3/c1-14-16-17-18-19-20-21-28-34-45(4,44(49)51-35-29-36-56(13,52-54(7,8)9)53-55(10,11)12)38-46(5,43(48)50-6)39-47(37-40(3)15-2,41-30-24-22-25-31-41)42-32-26-23-27-33-42/h22-27,30-33,40H,14-21,28-29,34-39H2,1-13H3. The lowest BCUT2D eigenvalue weighted by atomic mass is 9.58. The van der Waals surface area contributed by atoms with E-state index in [0.717, 1.165) is 38.1 Å². The molecular weight excluding hydrogens is 745 g/mol. The van der Waals surface area contributed by atoms with Crippen LogP contribution in [0.3, 0.4) is 0 Å². The number of hydrogen-bond acceptors (Lipinski definition) is 6. The monoisotopic (exact) mass is 827 g/mol. The zero-order chi connectivity index (χ0) is 42.1. The van der Waals surface area contributed by atoms with Crippen LogP contribution in [-0.4, -0.2) is 50.9 Å². The maximum Gasteiger partial charge on any atom is 0.314 e. The van der Waals surface area contributed by atoms with E-state index in [2.05, 4.69) is 127 Å². The van der Waals surface area contributed by atoms with E-state index >= 15 is 0 Å². The fourth-order valence-corrected chi connectivity index (χ4v) is 21.5. The number of ether oxygens (including phenoxy) is 2. The van der Waals surface area contributed by atoms with Gasteiger partial charge in [0.25, 0.3) is 0 Å². The third-order valence-electron chi connectivity index (χ3n) is 11.3. The van der Waals surface area contributed by atoms with E-state index in [4.69, 9.17) is 17.7 Å². The van der Waals surface area contributed by atoms with E-state index in [-0.39, 0.29) is 11.9 Å². The van der Waals surface area contributed by atoms with Crippen molar-refractivity contribution in [2.24, 2.45) is 16.7 Å². The second-order valence-corrected chi connectivity index (χ2v) is 32.4. The molecular formula is C47H82O6Si3. The van der Waals surface area contributed by atoms with E-state index in [1.807, 2.05) is 13.8 Å². The predicted octanol–water partition coefficient (Wildman–Crippen LogP) is 13.6. The molecule has 0 saturated heterocycles. The summed E-state index contributed by atoms with van der Waals surface area (Å²) in [5.41, 5.74) is 0.0188. The molecule has 3 atom stereocenters. The lowest BCUT2D eigenvalue weighted by Crippen LogP contribution is -2.52. The van der Waals surface area contributed by atoms with Crippen LogP contribution in [0.4, 0.5) is 0 Å². The second-order valence-electron chi connectivity index (χ2n) is 19.5. The summed E-state index contributed by atoms with van der Waals surface area (Å²) in [5.74, 6) is -0.0974. The Balaban J connectivity index is 2.53. The van der Waals surface area contributed by atoms with Crippen LogP contribution in [0.5, 0.6) is 0 Å². The predicted molar refractivity (Wildman–Crippen MR) is 243 cm³/mol. The zero-order valence-electron chi connectivity index (χ0n) is 38.1. The Morgan fingerprint density at radius 3 is 1.57 bits per heavy atom. The largest absolute Gasteiger partial charge is 0.469 e. The first-order valence-electron chi connectivity index (χ1n) is 21.9. The van der Waals surface area contributed by atoms with Crippen molar-refractivity contribution in [2.75, 3.05) is 13.7 Å². The van der Waals surface area contributed by atoms with Crippen LogP contribution in [0.2, 0.25) is 51.9 Å². The summed E-state index contributed by atoms with van der Waals surface area (Å²) in [6.45, 7) is 26.7. The quantitative estimate of drug-likeness (QED) is 0.0483. The SMILES string of the molecule is CCCCCCCCCCC(C)(CC(C)(CC(CC(C)CC)(c1ccccc1)c1ccccc1)C(=O)OC)C(=O)OCCC[Si](C)(O[Si](C)(C)C)O[Si](C)(C)C. The van der Waals surface area contributed by atoms with Crippen LogP contribution in [0.15, 0.2) is 60.7 Å². The first-order valence-corrected chi connectivity index (χ1v) is 31.3. The van der Waals surface area contributed by atoms with Gasteiger partial charge >= 0.3 is 20.5 Å². The average molecular weight is 827 g/mol. The first-order chi connectivity index (χ1) is 26.2. The average Bonchev–Trinajstić information content (AvgIpc) is 3.12. The second kappa shape index (κ2) is 22.9. The number of hydrogen-bond donors (Lipinski definition) is 0. The molecule has 56 heavy (non-hydrogen) atoms. The summed E-state index contributed by atoms with van der Waals surface area (Å²) in [4.78, 5) is 28.9. The maximum atomic E-state index is 14.6. The molecule has 9 heteroatoms. The molecule has 318 valence electrons. The molecule has 0 aromatic heterocycles. The van der Waals surface area contributed by atoms with Gasteiger partial charge in [0, 0.05) is 5.41 Å². The molecule has 2 aromatic carbocycles. The van der Waals surface area contributed by atoms with Crippen molar-refractivity contribution in [3.05, 3.63) is 71.8 Å². The van der Waals surface area contributed by atoms with Crippen molar-refractivity contribution in [1.82, 2.24) is 0 Å². The molecule has 0 amide bonds. The molecule has 0 radical (unpaired) electrons. The molecule has 3 unspecified atom stereocenters. The first kappa shape index (κ1) is 50.1. The highest BCUT2D eigenvalue weighted by Gasteiger charge is 2.51. The molecule has 0 fully saturated rings. The Bertz CT molecular complexity index is 1370. The smallest absolute Gasteiger partial charge is 0.314 e. The number of benzene rings is 2. The summed E-state index contributed by atoms with van der Waals surface area (Å²) < 4.78 is 25.4. The third-order valence-corrected chi connectivity index (χ3v) is 20.9. The maximum absolute atomic E-state index is 14.6. The number of esters is 2. The van der Waals surface area contributed by atoms with Crippen molar-refractivity contribution in [1.29, 1.82) is 0 Å². The minimum Gasteiger partial charge on any atom is -0.469 e. The van der Waals surface area contributed by atoms with Crippen LogP contribution in [0.25, 0.3) is 0 Å². The summed E-state index contributed by atoms with van der Waals surface area (Å²) >= 11 is 0. The summed E-state index contributed by atoms with van der Waals surface area (Å²) in [5, 5.41) is 0. The van der Waals surface area contributed by atoms with Gasteiger partial charge in [-0.3, -0.25) is 9.59 Å². The van der Waals surface area contributed by atoms with Gasteiger partial charge in [-0.2, -0.15) is 0 Å². The number of unbranched alkanes of at least 4 members (excludes halogenated alkanes) is 7. The normalized spacial score (nSPS) is 15.4. The van der Waals surface area contributed by atoms with Gasteiger partial charge in [0.05, 0.1) is 24.5 Å². The highest BCUT2D eigenvalue weighted by molar-refractivity contribution is 6.87. The minimum atomic E-state index is -2.48. The van der Waals surface area contributed by atoms with Crippen molar-refractivity contribution in [3.63, 3.8) is 0 Å². The Hall–Kier alpha value is -2.05. The Kier molecular flexibility index (Phi) is 20.5. The molecule has 0 aliphatic heterocycles. The van der Waals surface area contributed by atoms with Gasteiger partial charge in [-0.25, -0.2) is 0 Å². The van der Waals surface area contributed by atoms with Crippen LogP contribution >= 0.6 is 0 Å². The molecule has 0 N–H and O–H groups in total. The Morgan fingerprint density at radius 2 is 1.12 bits per heavy atom. The molecule has 2 aromatic rings. The highest BCUT2D eigenvalue weighted by atomic mass is 28.5. The number of methoxy groups -OCH3 is 1. The van der Waals surface area contributed by atoms with Crippen molar-refractivity contribution in [2.45, 2.75) is 182 Å². The van der Waals surface area contributed by atoms with Crippen molar-refractivity contribution < 1.29 is 27.3 Å². The molecule has 2 rings (SSSR count). The van der Waals surface area contributed by atoms with Gasteiger partial charge in [-0.05, 0) is 115 Å². The van der Waals surface area contributed by atoms with Gasteiger partial charge in [0.2, 0.25) is 0 Å². The summed E-state index contributed by atoms with van der Waals surface area (Å²) in [7, 11) is -4.69. The topological polar surface area (TPSA) is 71.1 Å². The summed E-state index contributed by atoms with van der Waals surface area (Å²) in [6.07, 6.45) is 13.5. The highest BCUT2D eigenvalue weighted by Crippen LogP contribution is 2.52. The third kappa shape index (κ3) is 16.7. The van der Waals surface area contributed by atoms with E-state index < -0.39 is 41.4 Å². The van der Waals surface area contributed by atoms with E-state index in [0.29, 0.717) is 38.2 Å². The van der Waals surface area contributed by atoms with Gasteiger partial charge < -0.3 is 17.7 Å². The lowest BCUT2D eigenvalue weighted by molar-refractivity contribution is -0.164. The summed E-state index contributed by atoms with van der Waals surface area (Å²) in [6, 6.07) is 22.1. The fourth-order valence-electron chi connectivity index (χ4n) is 8.97. The lowest BCUT2D eigenvalue weighted by Gasteiger charge is -2.45. The molecule has 0 saturated carbocycles. The molecule has 0 aliphatic carbocycles. The van der Waals surface area contributed by atoms with Crippen LogP contribution in [-0.2, 0) is 32.7 Å². The van der Waals surface area contributed by atoms with Crippen molar-refractivity contribution in [3.8, 4) is 0 Å². The van der Waals surface area contributed by atoms with E-state index in [1.165, 1.54) is 50.3 Å². The van der Waals surface area contributed by atoms with Crippen LogP contribution < -0.4 is 0 Å². The van der Waals surface area contributed by atoms with Crippen LogP contribution in [0, 0.1) is 16.7 Å².